The SMILES string of the molecule is CCOc1cccc(C(c2nc3ccccc3s2)N2CCCCC2C(=O)O)c1. The fraction of sp³-hybridized carbons (Fsp3) is 0.364. The van der Waals surface area contributed by atoms with Crippen LogP contribution in [0.5, 0.6) is 5.75 Å². The van der Waals surface area contributed by atoms with Gasteiger partial charge in [-0.3, -0.25) is 9.69 Å². The van der Waals surface area contributed by atoms with Crippen LogP contribution < -0.4 is 4.74 Å². The second-order valence-electron chi connectivity index (χ2n) is 7.02. The number of hydrogen-bond acceptors (Lipinski definition) is 5. The van der Waals surface area contributed by atoms with E-state index in [2.05, 4.69) is 11.0 Å². The molecule has 0 bridgehead atoms. The van der Waals surface area contributed by atoms with Crippen LogP contribution in [0.15, 0.2) is 48.5 Å². The van der Waals surface area contributed by atoms with E-state index in [9.17, 15) is 9.90 Å². The summed E-state index contributed by atoms with van der Waals surface area (Å²) in [5, 5.41) is 10.8. The lowest BCUT2D eigenvalue weighted by molar-refractivity contribution is -0.145. The van der Waals surface area contributed by atoms with Gasteiger partial charge in [-0.15, -0.1) is 11.3 Å². The highest BCUT2D eigenvalue weighted by molar-refractivity contribution is 7.18. The zero-order valence-corrected chi connectivity index (χ0v) is 16.7. The average Bonchev–Trinajstić information content (AvgIpc) is 3.12. The quantitative estimate of drug-likeness (QED) is 0.653. The standard InChI is InChI=1S/C22H24N2O3S/c1-2-27-16-9-7-8-15(14-16)20(24-13-6-5-11-18(24)22(25)26)21-23-17-10-3-4-12-19(17)28-21/h3-4,7-10,12,14,18,20H,2,5-6,11,13H2,1H3,(H,25,26). The van der Waals surface area contributed by atoms with E-state index in [4.69, 9.17) is 9.72 Å². The second-order valence-corrected chi connectivity index (χ2v) is 8.08. The van der Waals surface area contributed by atoms with Crippen LogP contribution >= 0.6 is 11.3 Å². The number of nitrogens with zero attached hydrogens (tertiary/aromatic N) is 2. The molecule has 0 aliphatic carbocycles. The van der Waals surface area contributed by atoms with E-state index in [1.807, 2.05) is 49.4 Å². The van der Waals surface area contributed by atoms with Crippen LogP contribution in [0.1, 0.15) is 42.8 Å². The van der Waals surface area contributed by atoms with Crippen LogP contribution in [0.25, 0.3) is 10.2 Å². The number of carbonyl (C=O) groups is 1. The maximum Gasteiger partial charge on any atom is 0.320 e. The largest absolute Gasteiger partial charge is 0.494 e. The van der Waals surface area contributed by atoms with Crippen molar-refractivity contribution in [1.29, 1.82) is 0 Å². The van der Waals surface area contributed by atoms with Crippen molar-refractivity contribution in [1.82, 2.24) is 9.88 Å². The van der Waals surface area contributed by atoms with Crippen molar-refractivity contribution in [2.45, 2.75) is 38.3 Å². The maximum atomic E-state index is 12.0. The summed E-state index contributed by atoms with van der Waals surface area (Å²) in [6.45, 7) is 3.30. The number of rotatable bonds is 6. The molecule has 28 heavy (non-hydrogen) atoms. The molecule has 1 fully saturated rings. The Kier molecular flexibility index (Phi) is 5.59. The number of aliphatic carboxylic acids is 1. The minimum atomic E-state index is -0.758. The van der Waals surface area contributed by atoms with Gasteiger partial charge in [0.05, 0.1) is 22.9 Å². The molecule has 4 rings (SSSR count). The topological polar surface area (TPSA) is 62.7 Å². The minimum absolute atomic E-state index is 0.195. The van der Waals surface area contributed by atoms with Crippen LogP contribution in [0, 0.1) is 0 Å². The first kappa shape index (κ1) is 18.9. The molecular formula is C22H24N2O3S. The molecular weight excluding hydrogens is 372 g/mol. The van der Waals surface area contributed by atoms with Gasteiger partial charge in [-0.25, -0.2) is 4.98 Å². The van der Waals surface area contributed by atoms with Crippen LogP contribution in [0.2, 0.25) is 0 Å². The Morgan fingerprint density at radius 1 is 1.29 bits per heavy atom. The molecule has 2 unspecified atom stereocenters. The molecule has 6 heteroatoms. The molecule has 5 nitrogen and oxygen atoms in total. The molecule has 1 aliphatic heterocycles. The summed E-state index contributed by atoms with van der Waals surface area (Å²) in [6.07, 6.45) is 2.61. The van der Waals surface area contributed by atoms with Gasteiger partial charge in [-0.05, 0) is 49.6 Å². The highest BCUT2D eigenvalue weighted by Crippen LogP contribution is 2.38. The number of likely N-dealkylation sites (tertiary alicyclic amines) is 1. The highest BCUT2D eigenvalue weighted by Gasteiger charge is 2.36. The number of hydrogen-bond donors (Lipinski definition) is 1. The third-order valence-corrected chi connectivity index (χ3v) is 6.28. The summed E-state index contributed by atoms with van der Waals surface area (Å²) in [6, 6.07) is 15.4. The van der Waals surface area contributed by atoms with Gasteiger partial charge in [-0.2, -0.15) is 0 Å². The Labute approximate surface area is 168 Å². The molecule has 146 valence electrons. The lowest BCUT2D eigenvalue weighted by Gasteiger charge is -2.38. The van der Waals surface area contributed by atoms with E-state index < -0.39 is 12.0 Å². The van der Waals surface area contributed by atoms with Crippen molar-refractivity contribution in [2.24, 2.45) is 0 Å². The van der Waals surface area contributed by atoms with Gasteiger partial charge in [0.25, 0.3) is 0 Å². The van der Waals surface area contributed by atoms with E-state index in [1.165, 1.54) is 0 Å². The monoisotopic (exact) mass is 396 g/mol. The van der Waals surface area contributed by atoms with E-state index in [-0.39, 0.29) is 6.04 Å². The molecule has 1 aliphatic rings. The van der Waals surface area contributed by atoms with Crippen molar-refractivity contribution in [2.75, 3.05) is 13.2 Å². The van der Waals surface area contributed by atoms with E-state index >= 15 is 0 Å². The van der Waals surface area contributed by atoms with E-state index in [0.717, 1.165) is 45.9 Å². The molecule has 2 atom stereocenters. The number of aromatic nitrogens is 1. The fourth-order valence-corrected chi connectivity index (χ4v) is 5.07. The van der Waals surface area contributed by atoms with Crippen LogP contribution in [-0.4, -0.2) is 40.2 Å². The third-order valence-electron chi connectivity index (χ3n) is 5.19. The van der Waals surface area contributed by atoms with Crippen molar-refractivity contribution in [3.05, 3.63) is 59.1 Å². The summed E-state index contributed by atoms with van der Waals surface area (Å²) in [7, 11) is 0. The number of para-hydroxylation sites is 1. The van der Waals surface area contributed by atoms with Gasteiger partial charge in [0.2, 0.25) is 0 Å². The number of thiazole rings is 1. The maximum absolute atomic E-state index is 12.0. The number of fused-ring (bicyclic) bond motifs is 1. The van der Waals surface area contributed by atoms with Crippen LogP contribution in [0.3, 0.4) is 0 Å². The van der Waals surface area contributed by atoms with Crippen LogP contribution in [-0.2, 0) is 4.79 Å². The Morgan fingerprint density at radius 3 is 2.93 bits per heavy atom. The first-order valence-electron chi connectivity index (χ1n) is 9.74. The Balaban J connectivity index is 1.82. The average molecular weight is 397 g/mol. The van der Waals surface area contributed by atoms with Gasteiger partial charge in [0, 0.05) is 6.54 Å². The van der Waals surface area contributed by atoms with Gasteiger partial charge < -0.3 is 9.84 Å². The predicted molar refractivity (Wildman–Crippen MR) is 111 cm³/mol. The molecule has 2 heterocycles. The Morgan fingerprint density at radius 2 is 2.14 bits per heavy atom. The van der Waals surface area contributed by atoms with Crippen molar-refractivity contribution < 1.29 is 14.6 Å². The smallest absolute Gasteiger partial charge is 0.320 e. The molecule has 1 saturated heterocycles. The number of carboxylic acid groups (broad SMARTS) is 1. The van der Waals surface area contributed by atoms with Gasteiger partial charge >= 0.3 is 5.97 Å². The van der Waals surface area contributed by atoms with Gasteiger partial charge in [0.1, 0.15) is 16.8 Å². The molecule has 0 saturated carbocycles. The minimum Gasteiger partial charge on any atom is -0.494 e. The summed E-state index contributed by atoms with van der Waals surface area (Å²) < 4.78 is 6.82. The number of benzene rings is 2. The molecule has 1 aromatic heterocycles. The number of piperidine rings is 1. The van der Waals surface area contributed by atoms with Crippen molar-refractivity contribution >= 4 is 27.5 Å². The summed E-state index contributed by atoms with van der Waals surface area (Å²) >= 11 is 1.64. The Bertz CT molecular complexity index is 938. The molecule has 0 radical (unpaired) electrons. The zero-order chi connectivity index (χ0) is 19.5. The van der Waals surface area contributed by atoms with Crippen molar-refractivity contribution in [3.8, 4) is 5.75 Å². The molecule has 1 N–H and O–H groups in total. The third kappa shape index (κ3) is 3.75. The fourth-order valence-electron chi connectivity index (χ4n) is 3.95. The van der Waals surface area contributed by atoms with Gasteiger partial charge in [0.15, 0.2) is 0 Å². The molecule has 3 aromatic rings. The normalized spacial score (nSPS) is 18.8. The number of ether oxygens (including phenoxy) is 1. The van der Waals surface area contributed by atoms with Gasteiger partial charge in [-0.1, -0.05) is 30.7 Å². The number of carboxylic acids is 1. The summed E-state index contributed by atoms with van der Waals surface area (Å²) in [5.41, 5.74) is 1.98. The highest BCUT2D eigenvalue weighted by atomic mass is 32.1. The van der Waals surface area contributed by atoms with Crippen molar-refractivity contribution in [3.63, 3.8) is 0 Å². The first-order chi connectivity index (χ1) is 13.7. The van der Waals surface area contributed by atoms with E-state index in [1.54, 1.807) is 11.3 Å². The molecule has 0 amide bonds. The first-order valence-corrected chi connectivity index (χ1v) is 10.6. The van der Waals surface area contributed by atoms with Crippen LogP contribution in [0.4, 0.5) is 0 Å². The van der Waals surface area contributed by atoms with E-state index in [0.29, 0.717) is 13.0 Å². The molecule has 0 spiro atoms. The lowest BCUT2D eigenvalue weighted by atomic mass is 9.96. The predicted octanol–water partition coefficient (Wildman–Crippen LogP) is 4.72. The molecule has 2 aromatic carbocycles. The lowest BCUT2D eigenvalue weighted by Crippen LogP contribution is -2.46. The summed E-state index contributed by atoms with van der Waals surface area (Å²) in [5.74, 6) is 0.0433. The second kappa shape index (κ2) is 8.29. The Hall–Kier alpha value is -2.44. The summed E-state index contributed by atoms with van der Waals surface area (Å²) in [4.78, 5) is 19.0. The zero-order valence-electron chi connectivity index (χ0n) is 15.9.